The van der Waals surface area contributed by atoms with Gasteiger partial charge in [0.15, 0.2) is 15.0 Å². The van der Waals surface area contributed by atoms with E-state index >= 15 is 0 Å². The van der Waals surface area contributed by atoms with Crippen LogP contribution in [0.15, 0.2) is 45.6 Å². The van der Waals surface area contributed by atoms with Gasteiger partial charge in [-0.3, -0.25) is 4.79 Å². The normalized spacial score (nSPS) is 11.2. The third-order valence-electron chi connectivity index (χ3n) is 2.30. The molecular weight excluding hydrogens is 316 g/mol. The predicted molar refractivity (Wildman–Crippen MR) is 81.0 cm³/mol. The second kappa shape index (κ2) is 6.38. The molecule has 106 valence electrons. The molecule has 0 fully saturated rings. The zero-order chi connectivity index (χ0) is 14.6. The summed E-state index contributed by atoms with van der Waals surface area (Å²) in [6.07, 6.45) is 2.79. The number of carbonyl (C=O) groups is 1. The van der Waals surface area contributed by atoms with E-state index in [1.807, 2.05) is 0 Å². The van der Waals surface area contributed by atoms with Crippen molar-refractivity contribution in [3.8, 4) is 0 Å². The van der Waals surface area contributed by atoms with Crippen molar-refractivity contribution in [2.75, 3.05) is 17.3 Å². The molecule has 20 heavy (non-hydrogen) atoms. The van der Waals surface area contributed by atoms with E-state index in [-0.39, 0.29) is 16.6 Å². The molecule has 2 aromatic rings. The highest BCUT2D eigenvalue weighted by atomic mass is 32.2. The van der Waals surface area contributed by atoms with Gasteiger partial charge in [-0.15, -0.1) is 23.1 Å². The van der Waals surface area contributed by atoms with Crippen LogP contribution in [0, 0.1) is 0 Å². The number of amides is 1. The maximum Gasteiger partial charge on any atom is 0.236 e. The van der Waals surface area contributed by atoms with Crippen LogP contribution in [0.25, 0.3) is 0 Å². The molecular formula is C12H12N2O3S3. The monoisotopic (exact) mass is 328 g/mol. The molecule has 0 aliphatic heterocycles. The SMILES string of the molecule is CS(=O)(=O)c1ccc(SCC(=O)Nc2nccs2)cc1. The third kappa shape index (κ3) is 4.32. The molecule has 1 N–H and O–H groups in total. The standard InChI is InChI=1S/C12H12N2O3S3/c1-20(16,17)10-4-2-9(3-5-10)19-8-11(15)14-12-13-6-7-18-12/h2-7H,8H2,1H3,(H,13,14,15). The number of rotatable bonds is 5. The number of benzene rings is 1. The van der Waals surface area contributed by atoms with E-state index in [4.69, 9.17) is 0 Å². The average molecular weight is 328 g/mol. The van der Waals surface area contributed by atoms with Crippen LogP contribution >= 0.6 is 23.1 Å². The van der Waals surface area contributed by atoms with Gasteiger partial charge in [0.1, 0.15) is 0 Å². The van der Waals surface area contributed by atoms with Crippen LogP contribution in [0.1, 0.15) is 0 Å². The van der Waals surface area contributed by atoms with Crippen molar-refractivity contribution in [2.45, 2.75) is 9.79 Å². The lowest BCUT2D eigenvalue weighted by atomic mass is 10.4. The molecule has 1 amide bonds. The molecule has 2 rings (SSSR count). The second-order valence-corrected chi connectivity index (χ2v) is 7.88. The fraction of sp³-hybridized carbons (Fsp3) is 0.167. The minimum atomic E-state index is -3.18. The molecule has 0 aliphatic rings. The van der Waals surface area contributed by atoms with E-state index in [9.17, 15) is 13.2 Å². The lowest BCUT2D eigenvalue weighted by Crippen LogP contribution is -2.13. The first-order chi connectivity index (χ1) is 9.45. The fourth-order valence-electron chi connectivity index (χ4n) is 1.37. The molecule has 5 nitrogen and oxygen atoms in total. The summed E-state index contributed by atoms with van der Waals surface area (Å²) in [5.41, 5.74) is 0. The molecule has 0 bridgehead atoms. The lowest BCUT2D eigenvalue weighted by molar-refractivity contribution is -0.113. The maximum absolute atomic E-state index is 11.6. The molecule has 0 spiro atoms. The van der Waals surface area contributed by atoms with Crippen LogP contribution in [0.4, 0.5) is 5.13 Å². The Hall–Kier alpha value is -1.38. The molecule has 0 radical (unpaired) electrons. The summed E-state index contributed by atoms with van der Waals surface area (Å²) in [6.45, 7) is 0. The molecule has 0 saturated carbocycles. The summed E-state index contributed by atoms with van der Waals surface area (Å²) < 4.78 is 22.6. The molecule has 1 aromatic carbocycles. The molecule has 0 atom stereocenters. The smallest absolute Gasteiger partial charge is 0.236 e. The Kier molecular flexibility index (Phi) is 4.79. The largest absolute Gasteiger partial charge is 0.301 e. The Morgan fingerprint density at radius 1 is 1.35 bits per heavy atom. The van der Waals surface area contributed by atoms with Crippen LogP contribution < -0.4 is 5.32 Å². The fourth-order valence-corrected chi connectivity index (χ4v) is 3.25. The van der Waals surface area contributed by atoms with E-state index in [1.54, 1.807) is 23.7 Å². The number of hydrogen-bond donors (Lipinski definition) is 1. The third-order valence-corrected chi connectivity index (χ3v) is 5.13. The van der Waals surface area contributed by atoms with E-state index in [1.165, 1.54) is 35.2 Å². The van der Waals surface area contributed by atoms with Crippen molar-refractivity contribution in [3.63, 3.8) is 0 Å². The van der Waals surface area contributed by atoms with Gasteiger partial charge in [0.05, 0.1) is 10.6 Å². The maximum atomic E-state index is 11.6. The first-order valence-electron chi connectivity index (χ1n) is 5.57. The van der Waals surface area contributed by atoms with Gasteiger partial charge in [-0.25, -0.2) is 13.4 Å². The number of aromatic nitrogens is 1. The van der Waals surface area contributed by atoms with Crippen molar-refractivity contribution in [2.24, 2.45) is 0 Å². The van der Waals surface area contributed by atoms with Gasteiger partial charge in [0, 0.05) is 22.7 Å². The second-order valence-electron chi connectivity index (χ2n) is 3.92. The van der Waals surface area contributed by atoms with Crippen molar-refractivity contribution >= 4 is 44.0 Å². The Morgan fingerprint density at radius 2 is 2.05 bits per heavy atom. The summed E-state index contributed by atoms with van der Waals surface area (Å²) >= 11 is 2.70. The van der Waals surface area contributed by atoms with E-state index in [2.05, 4.69) is 10.3 Å². The summed E-state index contributed by atoms with van der Waals surface area (Å²) in [7, 11) is -3.18. The molecule has 1 heterocycles. The van der Waals surface area contributed by atoms with E-state index in [0.29, 0.717) is 5.13 Å². The quantitative estimate of drug-likeness (QED) is 0.852. The number of anilines is 1. The molecule has 8 heteroatoms. The number of thiazole rings is 1. The molecule has 0 aliphatic carbocycles. The number of nitrogens with zero attached hydrogens (tertiary/aromatic N) is 1. The van der Waals surface area contributed by atoms with E-state index < -0.39 is 9.84 Å². The zero-order valence-electron chi connectivity index (χ0n) is 10.6. The van der Waals surface area contributed by atoms with Crippen LogP contribution in [0.2, 0.25) is 0 Å². The zero-order valence-corrected chi connectivity index (χ0v) is 13.0. The molecule has 0 unspecified atom stereocenters. The topological polar surface area (TPSA) is 76.1 Å². The highest BCUT2D eigenvalue weighted by Gasteiger charge is 2.08. The van der Waals surface area contributed by atoms with Crippen LogP contribution in [-0.4, -0.2) is 31.3 Å². The van der Waals surface area contributed by atoms with E-state index in [0.717, 1.165) is 11.2 Å². The van der Waals surface area contributed by atoms with Gasteiger partial charge in [0.25, 0.3) is 0 Å². The van der Waals surface area contributed by atoms with Crippen LogP contribution in [0.5, 0.6) is 0 Å². The lowest BCUT2D eigenvalue weighted by Gasteiger charge is -2.03. The van der Waals surface area contributed by atoms with Gasteiger partial charge < -0.3 is 5.32 Å². The minimum absolute atomic E-state index is 0.142. The van der Waals surface area contributed by atoms with Gasteiger partial charge in [0.2, 0.25) is 5.91 Å². The van der Waals surface area contributed by atoms with Crippen LogP contribution in [0.3, 0.4) is 0 Å². The number of sulfone groups is 1. The van der Waals surface area contributed by atoms with Crippen molar-refractivity contribution in [1.29, 1.82) is 0 Å². The molecule has 0 saturated heterocycles. The summed E-state index contributed by atoms with van der Waals surface area (Å²) in [5, 5.41) is 5.04. The Morgan fingerprint density at radius 3 is 2.60 bits per heavy atom. The Balaban J connectivity index is 1.89. The van der Waals surface area contributed by atoms with Gasteiger partial charge in [-0.05, 0) is 24.3 Å². The molecule has 1 aromatic heterocycles. The summed E-state index contributed by atoms with van der Waals surface area (Å²) in [6, 6.07) is 6.46. The van der Waals surface area contributed by atoms with Crippen molar-refractivity contribution in [1.82, 2.24) is 4.98 Å². The minimum Gasteiger partial charge on any atom is -0.301 e. The predicted octanol–water partition coefficient (Wildman–Crippen LogP) is 2.28. The van der Waals surface area contributed by atoms with Crippen LogP contribution in [-0.2, 0) is 14.6 Å². The number of thioether (sulfide) groups is 1. The van der Waals surface area contributed by atoms with Gasteiger partial charge in [-0.2, -0.15) is 0 Å². The highest BCUT2D eigenvalue weighted by Crippen LogP contribution is 2.20. The first-order valence-corrected chi connectivity index (χ1v) is 9.33. The average Bonchev–Trinajstić information content (AvgIpc) is 2.88. The highest BCUT2D eigenvalue weighted by molar-refractivity contribution is 8.00. The summed E-state index contributed by atoms with van der Waals surface area (Å²) in [4.78, 5) is 16.7. The Bertz CT molecular complexity index is 679. The van der Waals surface area contributed by atoms with Gasteiger partial charge >= 0.3 is 0 Å². The number of nitrogens with one attached hydrogen (secondary N) is 1. The number of hydrogen-bond acceptors (Lipinski definition) is 6. The first kappa shape index (κ1) is 15.0. The summed E-state index contributed by atoms with van der Waals surface area (Å²) in [5.74, 6) is 0.106. The Labute approximate surface area is 125 Å². The van der Waals surface area contributed by atoms with Crippen molar-refractivity contribution in [3.05, 3.63) is 35.8 Å². The number of carbonyl (C=O) groups excluding carboxylic acids is 1. The van der Waals surface area contributed by atoms with Crippen molar-refractivity contribution < 1.29 is 13.2 Å². The van der Waals surface area contributed by atoms with Gasteiger partial charge in [-0.1, -0.05) is 0 Å².